The zero-order valence-electron chi connectivity index (χ0n) is 12.4. The van der Waals surface area contributed by atoms with Crippen LogP contribution in [0.2, 0.25) is 0 Å². The van der Waals surface area contributed by atoms with E-state index in [4.69, 9.17) is 0 Å². The molecule has 4 aliphatic rings. The van der Waals surface area contributed by atoms with Crippen LogP contribution in [0.4, 0.5) is 0 Å². The van der Waals surface area contributed by atoms with Crippen LogP contribution in [0.5, 0.6) is 0 Å². The molecule has 4 rings (SSSR count). The zero-order chi connectivity index (χ0) is 13.5. The van der Waals surface area contributed by atoms with Crippen molar-refractivity contribution in [1.82, 2.24) is 15.1 Å². The smallest absolute Gasteiger partial charge is 0.222 e. The molecule has 1 amide bonds. The summed E-state index contributed by atoms with van der Waals surface area (Å²) >= 11 is 0. The molecule has 2 unspecified atom stereocenters. The number of nitrogens with one attached hydrogen (secondary N) is 1. The lowest BCUT2D eigenvalue weighted by Gasteiger charge is -2.45. The maximum atomic E-state index is 12.1. The predicted octanol–water partition coefficient (Wildman–Crippen LogP) is 1.07. The highest BCUT2D eigenvalue weighted by atomic mass is 16.2. The number of carbonyl (C=O) groups excluding carboxylic acids is 1. The molecular weight excluding hydrogens is 250 g/mol. The molecule has 4 nitrogen and oxygen atoms in total. The fourth-order valence-corrected chi connectivity index (χ4v) is 5.30. The Kier molecular flexibility index (Phi) is 3.47. The molecule has 0 spiro atoms. The first-order chi connectivity index (χ1) is 9.83. The van der Waals surface area contributed by atoms with Gasteiger partial charge >= 0.3 is 0 Å². The van der Waals surface area contributed by atoms with E-state index in [2.05, 4.69) is 15.1 Å². The van der Waals surface area contributed by atoms with Crippen LogP contribution in [0.15, 0.2) is 0 Å². The third-order valence-electron chi connectivity index (χ3n) is 6.16. The number of amides is 1. The van der Waals surface area contributed by atoms with Gasteiger partial charge in [-0.3, -0.25) is 9.69 Å². The second-order valence-electron chi connectivity index (χ2n) is 7.19. The van der Waals surface area contributed by atoms with Gasteiger partial charge in [0.2, 0.25) is 5.91 Å². The molecule has 0 radical (unpaired) electrons. The predicted molar refractivity (Wildman–Crippen MR) is 78.4 cm³/mol. The quantitative estimate of drug-likeness (QED) is 0.820. The lowest BCUT2D eigenvalue weighted by Crippen LogP contribution is -2.54. The van der Waals surface area contributed by atoms with E-state index in [1.807, 2.05) is 0 Å². The van der Waals surface area contributed by atoms with E-state index in [9.17, 15) is 4.79 Å². The minimum atomic E-state index is 0.438. The Morgan fingerprint density at radius 1 is 1.00 bits per heavy atom. The molecule has 2 saturated carbocycles. The maximum Gasteiger partial charge on any atom is 0.222 e. The molecule has 2 bridgehead atoms. The Hall–Kier alpha value is -0.610. The highest BCUT2D eigenvalue weighted by molar-refractivity contribution is 5.78. The Morgan fingerprint density at radius 3 is 2.30 bits per heavy atom. The molecule has 2 atom stereocenters. The molecule has 0 aromatic rings. The van der Waals surface area contributed by atoms with Crippen LogP contribution in [0.25, 0.3) is 0 Å². The summed E-state index contributed by atoms with van der Waals surface area (Å²) in [6, 6.07) is 1.40. The molecule has 2 aliphatic carbocycles. The van der Waals surface area contributed by atoms with Crippen molar-refractivity contribution in [2.45, 2.75) is 50.6 Å². The molecule has 4 fully saturated rings. The fourth-order valence-electron chi connectivity index (χ4n) is 5.30. The van der Waals surface area contributed by atoms with Crippen LogP contribution in [0.3, 0.4) is 0 Å². The van der Waals surface area contributed by atoms with Gasteiger partial charge in [-0.1, -0.05) is 0 Å². The summed E-state index contributed by atoms with van der Waals surface area (Å²) in [7, 11) is 0. The summed E-state index contributed by atoms with van der Waals surface area (Å²) in [5, 5.41) is 3.46. The third-order valence-corrected chi connectivity index (χ3v) is 6.16. The number of rotatable bonds is 2. The summed E-state index contributed by atoms with van der Waals surface area (Å²) in [5.74, 6) is 2.01. The second kappa shape index (κ2) is 5.30. The molecule has 0 aromatic heterocycles. The van der Waals surface area contributed by atoms with Crippen LogP contribution in [0.1, 0.15) is 38.5 Å². The molecular formula is C16H27N3O. The number of hydrogen-bond acceptors (Lipinski definition) is 3. The Balaban J connectivity index is 1.45. The molecule has 1 N–H and O–H groups in total. The summed E-state index contributed by atoms with van der Waals surface area (Å²) < 4.78 is 0. The average Bonchev–Trinajstić information content (AvgIpc) is 3.00. The maximum absolute atomic E-state index is 12.1. The van der Waals surface area contributed by atoms with Gasteiger partial charge in [0.15, 0.2) is 0 Å². The monoisotopic (exact) mass is 277 g/mol. The zero-order valence-corrected chi connectivity index (χ0v) is 12.4. The summed E-state index contributed by atoms with van der Waals surface area (Å²) in [4.78, 5) is 17.1. The Bertz CT molecular complexity index is 366. The average molecular weight is 277 g/mol. The number of likely N-dealkylation sites (tertiary alicyclic amines) is 1. The molecule has 2 saturated heterocycles. The van der Waals surface area contributed by atoms with Gasteiger partial charge in [0.25, 0.3) is 0 Å². The molecule has 2 heterocycles. The SMILES string of the molecule is O=C1CCCN1C1C2CCC1CC(N1CCNCC1)C2. The normalized spacial score (nSPS) is 42.4. The number of piperazine rings is 1. The molecule has 20 heavy (non-hydrogen) atoms. The second-order valence-corrected chi connectivity index (χ2v) is 7.19. The topological polar surface area (TPSA) is 35.6 Å². The van der Waals surface area contributed by atoms with Crippen LogP contribution in [-0.4, -0.2) is 60.5 Å². The summed E-state index contributed by atoms with van der Waals surface area (Å²) in [5.41, 5.74) is 0. The standard InChI is InChI=1S/C16H27N3O/c20-15-2-1-7-19(15)16-12-3-4-13(16)11-14(10-12)18-8-5-17-6-9-18/h12-14,16-17H,1-11H2. The van der Waals surface area contributed by atoms with Gasteiger partial charge in [-0.25, -0.2) is 0 Å². The summed E-state index contributed by atoms with van der Waals surface area (Å²) in [6.07, 6.45) is 7.30. The number of fused-ring (bicyclic) bond motifs is 2. The van der Waals surface area contributed by atoms with Crippen molar-refractivity contribution in [3.05, 3.63) is 0 Å². The summed E-state index contributed by atoms with van der Waals surface area (Å²) in [6.45, 7) is 5.78. The minimum absolute atomic E-state index is 0.438. The van der Waals surface area contributed by atoms with Crippen LogP contribution < -0.4 is 5.32 Å². The number of carbonyl (C=O) groups is 1. The van der Waals surface area contributed by atoms with Crippen molar-refractivity contribution < 1.29 is 4.79 Å². The van der Waals surface area contributed by atoms with E-state index in [1.54, 1.807) is 0 Å². The van der Waals surface area contributed by atoms with E-state index in [0.717, 1.165) is 50.4 Å². The minimum Gasteiger partial charge on any atom is -0.339 e. The van der Waals surface area contributed by atoms with Crippen molar-refractivity contribution in [3.63, 3.8) is 0 Å². The van der Waals surface area contributed by atoms with Crippen molar-refractivity contribution in [1.29, 1.82) is 0 Å². The van der Waals surface area contributed by atoms with Gasteiger partial charge < -0.3 is 10.2 Å². The van der Waals surface area contributed by atoms with Crippen LogP contribution in [-0.2, 0) is 4.79 Å². The first-order valence-corrected chi connectivity index (χ1v) is 8.57. The largest absolute Gasteiger partial charge is 0.339 e. The van der Waals surface area contributed by atoms with E-state index in [-0.39, 0.29) is 0 Å². The van der Waals surface area contributed by atoms with Gasteiger partial charge in [-0.15, -0.1) is 0 Å². The highest BCUT2D eigenvalue weighted by Gasteiger charge is 2.48. The van der Waals surface area contributed by atoms with Crippen LogP contribution in [0, 0.1) is 11.8 Å². The highest BCUT2D eigenvalue weighted by Crippen LogP contribution is 2.47. The van der Waals surface area contributed by atoms with E-state index in [1.165, 1.54) is 38.8 Å². The molecule has 4 heteroatoms. The van der Waals surface area contributed by atoms with E-state index in [0.29, 0.717) is 11.9 Å². The van der Waals surface area contributed by atoms with Crippen molar-refractivity contribution in [2.75, 3.05) is 32.7 Å². The number of hydrogen-bond donors (Lipinski definition) is 1. The van der Waals surface area contributed by atoms with Gasteiger partial charge in [-0.2, -0.15) is 0 Å². The van der Waals surface area contributed by atoms with Gasteiger partial charge in [0.1, 0.15) is 0 Å². The number of nitrogens with zero attached hydrogens (tertiary/aromatic N) is 2. The molecule has 112 valence electrons. The van der Waals surface area contributed by atoms with Crippen LogP contribution >= 0.6 is 0 Å². The van der Waals surface area contributed by atoms with Gasteiger partial charge in [-0.05, 0) is 43.9 Å². The van der Waals surface area contributed by atoms with Crippen molar-refractivity contribution >= 4 is 5.91 Å². The van der Waals surface area contributed by atoms with Crippen molar-refractivity contribution in [3.8, 4) is 0 Å². The van der Waals surface area contributed by atoms with Gasteiger partial charge in [0.05, 0.1) is 0 Å². The molecule has 0 aromatic carbocycles. The molecule has 2 aliphatic heterocycles. The lowest BCUT2D eigenvalue weighted by molar-refractivity contribution is -0.132. The van der Waals surface area contributed by atoms with E-state index >= 15 is 0 Å². The third kappa shape index (κ3) is 2.17. The first-order valence-electron chi connectivity index (χ1n) is 8.57. The van der Waals surface area contributed by atoms with Crippen molar-refractivity contribution in [2.24, 2.45) is 11.8 Å². The van der Waals surface area contributed by atoms with E-state index < -0.39 is 0 Å². The Morgan fingerprint density at radius 2 is 1.70 bits per heavy atom. The lowest BCUT2D eigenvalue weighted by atomic mass is 9.79. The Labute approximate surface area is 121 Å². The first kappa shape index (κ1) is 13.1. The van der Waals surface area contributed by atoms with Gasteiger partial charge in [0, 0.05) is 51.2 Å². The fraction of sp³-hybridized carbons (Fsp3) is 0.938.